The first-order chi connectivity index (χ1) is 6.66. The monoisotopic (exact) mass is 212 g/mol. The molecule has 0 radical (unpaired) electrons. The molecular formula is C11H17O2P. The van der Waals surface area contributed by atoms with Crippen LogP contribution in [0.5, 0.6) is 5.75 Å². The fourth-order valence-corrected chi connectivity index (χ4v) is 3.31. The van der Waals surface area contributed by atoms with Gasteiger partial charge in [0.15, 0.2) is 0 Å². The van der Waals surface area contributed by atoms with Crippen molar-refractivity contribution >= 4 is 12.4 Å². The summed E-state index contributed by atoms with van der Waals surface area (Å²) in [5.74, 6) is 0.813. The van der Waals surface area contributed by atoms with Gasteiger partial charge in [0, 0.05) is 17.6 Å². The zero-order valence-electron chi connectivity index (χ0n) is 8.99. The third-order valence-electron chi connectivity index (χ3n) is 2.56. The largest absolute Gasteiger partial charge is 0.497 e. The molecule has 0 aliphatic heterocycles. The van der Waals surface area contributed by atoms with Crippen LogP contribution in [0.1, 0.15) is 13.8 Å². The first kappa shape index (κ1) is 11.3. The molecule has 0 amide bonds. The molecule has 0 aromatic heterocycles. The highest BCUT2D eigenvalue weighted by atomic mass is 31.2. The normalized spacial score (nSPS) is 11.4. The Labute approximate surface area is 85.7 Å². The summed E-state index contributed by atoms with van der Waals surface area (Å²) in [5, 5.41) is 0.961. The minimum atomic E-state index is -2.12. The summed E-state index contributed by atoms with van der Waals surface area (Å²) in [6, 6.07) is 7.56. The highest BCUT2D eigenvalue weighted by molar-refractivity contribution is 7.71. The quantitative estimate of drug-likeness (QED) is 0.717. The lowest BCUT2D eigenvalue weighted by atomic mass is 10.3. The van der Waals surface area contributed by atoms with E-state index in [4.69, 9.17) is 4.74 Å². The molecule has 0 atom stereocenters. The summed E-state index contributed by atoms with van der Waals surface area (Å²) < 4.78 is 17.4. The number of methoxy groups -OCH3 is 1. The SMILES string of the molecule is CCP(=O)(CC)c1ccc(OC)cc1. The van der Waals surface area contributed by atoms with Crippen molar-refractivity contribution in [2.24, 2.45) is 0 Å². The maximum atomic E-state index is 12.3. The molecule has 0 saturated carbocycles. The van der Waals surface area contributed by atoms with Gasteiger partial charge in [0.05, 0.1) is 7.11 Å². The molecule has 0 spiro atoms. The maximum absolute atomic E-state index is 12.3. The van der Waals surface area contributed by atoms with Gasteiger partial charge in [-0.25, -0.2) is 0 Å². The average molecular weight is 212 g/mol. The van der Waals surface area contributed by atoms with Crippen LogP contribution >= 0.6 is 7.14 Å². The van der Waals surface area contributed by atoms with E-state index in [9.17, 15) is 4.57 Å². The molecule has 14 heavy (non-hydrogen) atoms. The summed E-state index contributed by atoms with van der Waals surface area (Å²) >= 11 is 0. The van der Waals surface area contributed by atoms with Crippen molar-refractivity contribution in [1.82, 2.24) is 0 Å². The minimum Gasteiger partial charge on any atom is -0.497 e. The van der Waals surface area contributed by atoms with E-state index in [-0.39, 0.29) is 0 Å². The molecule has 0 heterocycles. The number of benzene rings is 1. The first-order valence-electron chi connectivity index (χ1n) is 4.89. The van der Waals surface area contributed by atoms with Crippen molar-refractivity contribution in [3.63, 3.8) is 0 Å². The Balaban J connectivity index is 3.01. The van der Waals surface area contributed by atoms with Crippen LogP contribution in [0.3, 0.4) is 0 Å². The van der Waals surface area contributed by atoms with E-state index in [1.807, 2.05) is 38.1 Å². The van der Waals surface area contributed by atoms with E-state index in [1.165, 1.54) is 0 Å². The van der Waals surface area contributed by atoms with Gasteiger partial charge in [0.25, 0.3) is 0 Å². The van der Waals surface area contributed by atoms with Gasteiger partial charge in [0.1, 0.15) is 12.9 Å². The molecule has 0 saturated heterocycles. The van der Waals surface area contributed by atoms with Crippen molar-refractivity contribution in [3.8, 4) is 5.75 Å². The minimum absolute atomic E-state index is 0.732. The Morgan fingerprint density at radius 1 is 1.14 bits per heavy atom. The summed E-state index contributed by atoms with van der Waals surface area (Å²) in [6.07, 6.45) is 1.46. The molecule has 0 N–H and O–H groups in total. The Kier molecular flexibility index (Phi) is 3.77. The number of rotatable bonds is 4. The van der Waals surface area contributed by atoms with Crippen LogP contribution in [-0.2, 0) is 4.57 Å². The highest BCUT2D eigenvalue weighted by Gasteiger charge is 2.19. The van der Waals surface area contributed by atoms with E-state index in [0.717, 1.165) is 23.4 Å². The zero-order valence-corrected chi connectivity index (χ0v) is 9.88. The van der Waals surface area contributed by atoms with Crippen LogP contribution in [0.15, 0.2) is 24.3 Å². The van der Waals surface area contributed by atoms with Gasteiger partial charge in [-0.15, -0.1) is 0 Å². The molecule has 2 nitrogen and oxygen atoms in total. The lowest BCUT2D eigenvalue weighted by molar-refractivity contribution is 0.415. The van der Waals surface area contributed by atoms with Crippen molar-refractivity contribution in [2.45, 2.75) is 13.8 Å². The van der Waals surface area contributed by atoms with Crippen LogP contribution in [0.4, 0.5) is 0 Å². The Morgan fingerprint density at radius 3 is 2.00 bits per heavy atom. The topological polar surface area (TPSA) is 26.3 Å². The molecule has 78 valence electrons. The van der Waals surface area contributed by atoms with Crippen LogP contribution in [0.2, 0.25) is 0 Å². The second kappa shape index (κ2) is 4.65. The van der Waals surface area contributed by atoms with Crippen molar-refractivity contribution in [1.29, 1.82) is 0 Å². The fourth-order valence-electron chi connectivity index (χ4n) is 1.44. The van der Waals surface area contributed by atoms with E-state index in [2.05, 4.69) is 0 Å². The average Bonchev–Trinajstić information content (AvgIpc) is 2.28. The number of hydrogen-bond acceptors (Lipinski definition) is 2. The molecule has 0 aliphatic rings. The Bertz CT molecular complexity index is 322. The Hall–Kier alpha value is -0.750. The van der Waals surface area contributed by atoms with Crippen molar-refractivity contribution < 1.29 is 9.30 Å². The third kappa shape index (κ3) is 2.19. The molecule has 0 aliphatic carbocycles. The standard InChI is InChI=1S/C11H17O2P/c1-4-14(12,5-2)11-8-6-10(13-3)7-9-11/h6-9H,4-5H2,1-3H3. The molecular weight excluding hydrogens is 195 g/mol. The molecule has 0 unspecified atom stereocenters. The second-order valence-corrected chi connectivity index (χ2v) is 6.78. The van der Waals surface area contributed by atoms with Gasteiger partial charge in [0.2, 0.25) is 0 Å². The molecule has 0 bridgehead atoms. The molecule has 1 aromatic rings. The Morgan fingerprint density at radius 2 is 1.64 bits per heavy atom. The van der Waals surface area contributed by atoms with Crippen LogP contribution in [-0.4, -0.2) is 19.4 Å². The van der Waals surface area contributed by atoms with Gasteiger partial charge in [-0.05, 0) is 24.3 Å². The van der Waals surface area contributed by atoms with Gasteiger partial charge < -0.3 is 9.30 Å². The van der Waals surface area contributed by atoms with Gasteiger partial charge in [-0.3, -0.25) is 0 Å². The van der Waals surface area contributed by atoms with E-state index in [0.29, 0.717) is 0 Å². The first-order valence-corrected chi connectivity index (χ1v) is 6.96. The smallest absolute Gasteiger partial charge is 0.118 e. The van der Waals surface area contributed by atoms with Crippen molar-refractivity contribution in [3.05, 3.63) is 24.3 Å². The third-order valence-corrected chi connectivity index (χ3v) is 5.85. The summed E-state index contributed by atoms with van der Waals surface area (Å²) in [7, 11) is -0.486. The summed E-state index contributed by atoms with van der Waals surface area (Å²) in [5.41, 5.74) is 0. The number of hydrogen-bond donors (Lipinski definition) is 0. The predicted molar refractivity (Wildman–Crippen MR) is 61.3 cm³/mol. The van der Waals surface area contributed by atoms with Gasteiger partial charge >= 0.3 is 0 Å². The highest BCUT2D eigenvalue weighted by Crippen LogP contribution is 2.43. The summed E-state index contributed by atoms with van der Waals surface area (Å²) in [6.45, 7) is 3.96. The van der Waals surface area contributed by atoms with Gasteiger partial charge in [-0.1, -0.05) is 13.8 Å². The van der Waals surface area contributed by atoms with E-state index < -0.39 is 7.14 Å². The fraction of sp³-hybridized carbons (Fsp3) is 0.455. The van der Waals surface area contributed by atoms with Crippen LogP contribution in [0, 0.1) is 0 Å². The number of ether oxygens (including phenoxy) is 1. The zero-order chi connectivity index (χ0) is 10.6. The second-order valence-electron chi connectivity index (χ2n) is 3.22. The molecule has 1 rings (SSSR count). The van der Waals surface area contributed by atoms with Crippen LogP contribution < -0.4 is 10.0 Å². The van der Waals surface area contributed by atoms with E-state index >= 15 is 0 Å². The molecule has 0 fully saturated rings. The van der Waals surface area contributed by atoms with Crippen molar-refractivity contribution in [2.75, 3.05) is 19.4 Å². The lowest BCUT2D eigenvalue weighted by Gasteiger charge is -2.14. The van der Waals surface area contributed by atoms with Crippen LogP contribution in [0.25, 0.3) is 0 Å². The lowest BCUT2D eigenvalue weighted by Crippen LogP contribution is -2.08. The van der Waals surface area contributed by atoms with Gasteiger partial charge in [-0.2, -0.15) is 0 Å². The maximum Gasteiger partial charge on any atom is 0.118 e. The molecule has 3 heteroatoms. The van der Waals surface area contributed by atoms with E-state index in [1.54, 1.807) is 7.11 Å². The molecule has 1 aromatic carbocycles. The predicted octanol–water partition coefficient (Wildman–Crippen LogP) is 2.72. The summed E-state index contributed by atoms with van der Waals surface area (Å²) in [4.78, 5) is 0.